The molecule has 0 fully saturated rings. The largest absolute Gasteiger partial charge is 0.480 e. The molecule has 1 aliphatic rings. The number of nitriles is 1. The number of alkyl halides is 3. The molecule has 0 amide bonds. The second-order valence-corrected chi connectivity index (χ2v) is 8.32. The van der Waals surface area contributed by atoms with Gasteiger partial charge in [-0.1, -0.05) is 0 Å². The van der Waals surface area contributed by atoms with Gasteiger partial charge in [0.15, 0.2) is 5.82 Å². The lowest BCUT2D eigenvalue weighted by Gasteiger charge is -2.25. The molecule has 1 aliphatic heterocycles. The monoisotopic (exact) mass is 525 g/mol. The normalized spacial score (nSPS) is 15.1. The second-order valence-electron chi connectivity index (χ2n) is 8.32. The van der Waals surface area contributed by atoms with Crippen molar-refractivity contribution >= 4 is 23.4 Å². The molecule has 1 atom stereocenters. The van der Waals surface area contributed by atoms with E-state index in [1.54, 1.807) is 18.2 Å². The number of methoxy groups -OCH3 is 2. The summed E-state index contributed by atoms with van der Waals surface area (Å²) in [6, 6.07) is 6.64. The molecule has 1 aromatic carbocycles. The van der Waals surface area contributed by atoms with E-state index in [9.17, 15) is 23.2 Å². The number of carbonyl (C=O) groups is 1. The zero-order valence-corrected chi connectivity index (χ0v) is 20.7. The smallest absolute Gasteiger partial charge is 0.409 e. The fourth-order valence-electron chi connectivity index (χ4n) is 3.86. The van der Waals surface area contributed by atoms with E-state index >= 15 is 0 Å². The molecular formula is C25H22F3N7O3. The molecule has 3 aromatic rings. The van der Waals surface area contributed by atoms with Crippen LogP contribution in [-0.4, -0.2) is 47.4 Å². The van der Waals surface area contributed by atoms with Gasteiger partial charge in [0.2, 0.25) is 11.8 Å². The van der Waals surface area contributed by atoms with Gasteiger partial charge in [0.1, 0.15) is 11.6 Å². The van der Waals surface area contributed by atoms with E-state index in [0.29, 0.717) is 16.8 Å². The highest BCUT2D eigenvalue weighted by Crippen LogP contribution is 2.36. The van der Waals surface area contributed by atoms with Crippen LogP contribution in [0.2, 0.25) is 0 Å². The zero-order valence-electron chi connectivity index (χ0n) is 20.7. The SMILES string of the molecule is COC(=O)c1cc(-c2cnc(Nc3cc(C)cc(C#N)c3)nc2N2NC(C(F)(F)F)C=C2C)cnc1OC. The van der Waals surface area contributed by atoms with Gasteiger partial charge < -0.3 is 14.8 Å². The minimum absolute atomic E-state index is 0.0132. The number of hydrogen-bond donors (Lipinski definition) is 2. The summed E-state index contributed by atoms with van der Waals surface area (Å²) in [4.78, 5) is 25.3. The van der Waals surface area contributed by atoms with E-state index in [4.69, 9.17) is 9.47 Å². The molecule has 2 N–H and O–H groups in total. The maximum atomic E-state index is 13.5. The van der Waals surface area contributed by atoms with Crippen molar-refractivity contribution in [3.05, 3.63) is 65.1 Å². The molecule has 10 nitrogen and oxygen atoms in total. The highest BCUT2D eigenvalue weighted by molar-refractivity contribution is 5.94. The van der Waals surface area contributed by atoms with Crippen LogP contribution in [0.4, 0.5) is 30.6 Å². The predicted octanol–water partition coefficient (Wildman–Crippen LogP) is 4.42. The number of nitrogens with one attached hydrogen (secondary N) is 2. The summed E-state index contributed by atoms with van der Waals surface area (Å²) in [7, 11) is 2.54. The number of rotatable bonds is 6. The van der Waals surface area contributed by atoms with Crippen molar-refractivity contribution in [2.45, 2.75) is 26.1 Å². The lowest BCUT2D eigenvalue weighted by atomic mass is 10.1. The molecule has 4 rings (SSSR count). The van der Waals surface area contributed by atoms with Gasteiger partial charge in [0.05, 0.1) is 25.9 Å². The number of allylic oxidation sites excluding steroid dienone is 1. The Kier molecular flexibility index (Phi) is 7.18. The Hall–Kier alpha value is -4.70. The Morgan fingerprint density at radius 2 is 1.92 bits per heavy atom. The Labute approximate surface area is 215 Å². The Morgan fingerprint density at radius 1 is 1.16 bits per heavy atom. The minimum Gasteiger partial charge on any atom is -0.480 e. The lowest BCUT2D eigenvalue weighted by molar-refractivity contribution is -0.142. The molecule has 13 heteroatoms. The number of aromatic nitrogens is 3. The molecule has 0 spiro atoms. The van der Waals surface area contributed by atoms with Gasteiger partial charge in [-0.05, 0) is 49.8 Å². The summed E-state index contributed by atoms with van der Waals surface area (Å²) in [6.07, 6.45) is -0.729. The maximum Gasteiger partial charge on any atom is 0.409 e. The number of carbonyl (C=O) groups excluding carboxylic acids is 1. The number of aryl methyl sites for hydroxylation is 1. The van der Waals surface area contributed by atoms with Crippen molar-refractivity contribution in [1.82, 2.24) is 20.4 Å². The highest BCUT2D eigenvalue weighted by atomic mass is 19.4. The lowest BCUT2D eigenvalue weighted by Crippen LogP contribution is -2.45. The highest BCUT2D eigenvalue weighted by Gasteiger charge is 2.43. The third-order valence-electron chi connectivity index (χ3n) is 5.59. The molecule has 0 saturated heterocycles. The summed E-state index contributed by atoms with van der Waals surface area (Å²) >= 11 is 0. The first kappa shape index (κ1) is 26.4. The molecule has 0 saturated carbocycles. The van der Waals surface area contributed by atoms with Crippen LogP contribution in [0.5, 0.6) is 5.88 Å². The first-order chi connectivity index (χ1) is 18.0. The molecule has 0 radical (unpaired) electrons. The molecule has 3 heterocycles. The topological polar surface area (TPSA) is 125 Å². The first-order valence-corrected chi connectivity index (χ1v) is 11.1. The summed E-state index contributed by atoms with van der Waals surface area (Å²) in [6.45, 7) is 3.32. The van der Waals surface area contributed by atoms with Crippen LogP contribution >= 0.6 is 0 Å². The second kappa shape index (κ2) is 10.3. The number of nitrogens with zero attached hydrogens (tertiary/aromatic N) is 5. The minimum atomic E-state index is -4.54. The molecule has 38 heavy (non-hydrogen) atoms. The van der Waals surface area contributed by atoms with Crippen LogP contribution in [0.3, 0.4) is 0 Å². The number of esters is 1. The predicted molar refractivity (Wildman–Crippen MR) is 132 cm³/mol. The van der Waals surface area contributed by atoms with E-state index in [1.807, 2.05) is 6.92 Å². The van der Waals surface area contributed by atoms with Crippen LogP contribution < -0.4 is 20.5 Å². The molecule has 1 unspecified atom stereocenters. The Bertz CT molecular complexity index is 1470. The van der Waals surface area contributed by atoms with Gasteiger partial charge in [-0.3, -0.25) is 5.01 Å². The molecule has 0 aliphatic carbocycles. The van der Waals surface area contributed by atoms with Gasteiger partial charge in [-0.15, -0.1) is 0 Å². The van der Waals surface area contributed by atoms with Crippen molar-refractivity contribution in [2.24, 2.45) is 0 Å². The number of pyridine rings is 1. The van der Waals surface area contributed by atoms with Crippen molar-refractivity contribution in [3.63, 3.8) is 0 Å². The van der Waals surface area contributed by atoms with E-state index in [2.05, 4.69) is 31.8 Å². The summed E-state index contributed by atoms with van der Waals surface area (Å²) in [5.74, 6) is -0.560. The third-order valence-corrected chi connectivity index (χ3v) is 5.59. The number of ether oxygens (including phenoxy) is 2. The maximum absolute atomic E-state index is 13.5. The number of anilines is 3. The fraction of sp³-hybridized carbons (Fsp3) is 0.240. The van der Waals surface area contributed by atoms with Crippen molar-refractivity contribution in [3.8, 4) is 23.1 Å². The van der Waals surface area contributed by atoms with Crippen LogP contribution in [0.15, 0.2) is 48.4 Å². The van der Waals surface area contributed by atoms with Crippen molar-refractivity contribution in [1.29, 1.82) is 5.26 Å². The summed E-state index contributed by atoms with van der Waals surface area (Å²) < 4.78 is 50.5. The van der Waals surface area contributed by atoms with Crippen molar-refractivity contribution < 1.29 is 27.4 Å². The van der Waals surface area contributed by atoms with Crippen LogP contribution in [0.25, 0.3) is 11.1 Å². The summed E-state index contributed by atoms with van der Waals surface area (Å²) in [5.41, 5.74) is 5.04. The number of halogens is 3. The number of hydrogen-bond acceptors (Lipinski definition) is 10. The Morgan fingerprint density at radius 3 is 2.55 bits per heavy atom. The first-order valence-electron chi connectivity index (χ1n) is 11.1. The average Bonchev–Trinajstić information content (AvgIpc) is 3.29. The molecule has 0 bridgehead atoms. The van der Waals surface area contributed by atoms with Gasteiger partial charge in [-0.25, -0.2) is 20.2 Å². The van der Waals surface area contributed by atoms with Gasteiger partial charge in [0.25, 0.3) is 0 Å². The fourth-order valence-corrected chi connectivity index (χ4v) is 3.86. The van der Waals surface area contributed by atoms with E-state index in [0.717, 1.165) is 11.6 Å². The Balaban J connectivity index is 1.83. The third kappa shape index (κ3) is 5.35. The van der Waals surface area contributed by atoms with Crippen LogP contribution in [-0.2, 0) is 4.74 Å². The molecular weight excluding hydrogens is 503 g/mol. The average molecular weight is 525 g/mol. The quantitative estimate of drug-likeness (QED) is 0.447. The van der Waals surface area contributed by atoms with Gasteiger partial charge >= 0.3 is 12.1 Å². The van der Waals surface area contributed by atoms with Crippen LogP contribution in [0.1, 0.15) is 28.4 Å². The number of benzene rings is 1. The summed E-state index contributed by atoms with van der Waals surface area (Å²) in [5, 5.41) is 13.5. The van der Waals surface area contributed by atoms with E-state index in [1.165, 1.54) is 44.6 Å². The zero-order chi connectivity index (χ0) is 27.6. The molecule has 196 valence electrons. The standard InChI is InChI=1S/C25H22F3N7O3/c1-13-5-15(10-29)8-17(6-13)32-24-31-12-19(16-9-18(23(36)38-4)22(37-3)30-11-16)21(33-24)35-14(2)7-20(34-35)25(26,27)28/h5-9,11-12,20,34H,1-4H3,(H,31,32,33). The van der Waals surface area contributed by atoms with E-state index < -0.39 is 18.2 Å². The molecule has 2 aromatic heterocycles. The van der Waals surface area contributed by atoms with E-state index in [-0.39, 0.29) is 34.5 Å². The number of hydrazine groups is 1. The van der Waals surface area contributed by atoms with Crippen LogP contribution in [0, 0.1) is 18.3 Å². The van der Waals surface area contributed by atoms with Gasteiger partial charge in [-0.2, -0.15) is 23.4 Å². The van der Waals surface area contributed by atoms with Crippen molar-refractivity contribution in [2.75, 3.05) is 24.5 Å². The van der Waals surface area contributed by atoms with Gasteiger partial charge in [0, 0.05) is 34.9 Å².